The van der Waals surface area contributed by atoms with Crippen molar-refractivity contribution in [2.45, 2.75) is 52.7 Å². The first-order valence-electron chi connectivity index (χ1n) is 7.83. The number of hydrogen-bond donors (Lipinski definition) is 1. The topological polar surface area (TPSA) is 30.5 Å². The molecule has 1 unspecified atom stereocenters. The molecular formula is C18H31NO2. The number of nitrogens with one attached hydrogen (secondary N) is 1. The van der Waals surface area contributed by atoms with Crippen molar-refractivity contribution >= 4 is 0 Å². The Labute approximate surface area is 130 Å². The Morgan fingerprint density at radius 2 is 1.90 bits per heavy atom. The molecule has 0 amide bonds. The van der Waals surface area contributed by atoms with Gasteiger partial charge < -0.3 is 14.8 Å². The Hall–Kier alpha value is -0.900. The second kappa shape index (κ2) is 8.52. The summed E-state index contributed by atoms with van der Waals surface area (Å²) in [4.78, 5) is 0. The van der Waals surface area contributed by atoms with E-state index in [0.717, 1.165) is 13.0 Å². The number of likely N-dealkylation sites (N-methyl/N-ethyl adjacent to an activating group) is 1. The van der Waals surface area contributed by atoms with Crippen LogP contribution in [0.25, 0.3) is 0 Å². The summed E-state index contributed by atoms with van der Waals surface area (Å²) in [6, 6.07) is 6.88. The third-order valence-corrected chi connectivity index (χ3v) is 4.07. The van der Waals surface area contributed by atoms with Gasteiger partial charge in [0.15, 0.2) is 0 Å². The minimum absolute atomic E-state index is 0.117. The van der Waals surface area contributed by atoms with Crippen molar-refractivity contribution < 1.29 is 9.47 Å². The Morgan fingerprint density at radius 1 is 1.19 bits per heavy atom. The van der Waals surface area contributed by atoms with Crippen LogP contribution < -0.4 is 5.32 Å². The first-order chi connectivity index (χ1) is 9.89. The van der Waals surface area contributed by atoms with Crippen molar-refractivity contribution in [3.05, 3.63) is 34.9 Å². The maximum atomic E-state index is 5.87. The van der Waals surface area contributed by atoms with Gasteiger partial charge in [-0.25, -0.2) is 0 Å². The van der Waals surface area contributed by atoms with E-state index in [0.29, 0.717) is 13.2 Å². The van der Waals surface area contributed by atoms with E-state index >= 15 is 0 Å². The van der Waals surface area contributed by atoms with Crippen LogP contribution in [0, 0.1) is 13.8 Å². The van der Waals surface area contributed by atoms with E-state index < -0.39 is 0 Å². The van der Waals surface area contributed by atoms with Crippen LogP contribution in [-0.4, -0.2) is 32.5 Å². The number of methoxy groups -OCH3 is 1. The van der Waals surface area contributed by atoms with E-state index in [-0.39, 0.29) is 11.6 Å². The average molecular weight is 293 g/mol. The van der Waals surface area contributed by atoms with Gasteiger partial charge in [0.2, 0.25) is 0 Å². The maximum Gasteiger partial charge on any atom is 0.0661 e. The molecule has 0 aliphatic heterocycles. The summed E-state index contributed by atoms with van der Waals surface area (Å²) >= 11 is 0. The van der Waals surface area contributed by atoms with E-state index in [4.69, 9.17) is 9.47 Å². The highest BCUT2D eigenvalue weighted by Gasteiger charge is 2.17. The molecule has 0 aliphatic carbocycles. The lowest BCUT2D eigenvalue weighted by Gasteiger charge is -2.24. The van der Waals surface area contributed by atoms with Gasteiger partial charge in [0.05, 0.1) is 18.2 Å². The zero-order chi connectivity index (χ0) is 15.9. The number of benzene rings is 1. The Morgan fingerprint density at radius 3 is 2.48 bits per heavy atom. The fraction of sp³-hybridized carbons (Fsp3) is 0.667. The standard InChI is InChI=1S/C18H31NO2/c1-7-19-17(13-21-11-10-18(4,5)20-6)16-9-8-14(2)15(3)12-16/h8-9,12,17,19H,7,10-11,13H2,1-6H3. The third-order valence-electron chi connectivity index (χ3n) is 4.07. The van der Waals surface area contributed by atoms with Crippen LogP contribution in [0.2, 0.25) is 0 Å². The summed E-state index contributed by atoms with van der Waals surface area (Å²) in [6.07, 6.45) is 0.898. The molecular weight excluding hydrogens is 262 g/mol. The zero-order valence-electron chi connectivity index (χ0n) is 14.5. The smallest absolute Gasteiger partial charge is 0.0661 e. The van der Waals surface area contributed by atoms with Gasteiger partial charge in [-0.15, -0.1) is 0 Å². The maximum absolute atomic E-state index is 5.87. The molecule has 0 fully saturated rings. The van der Waals surface area contributed by atoms with Crippen LogP contribution in [0.1, 0.15) is 49.9 Å². The largest absolute Gasteiger partial charge is 0.379 e. The van der Waals surface area contributed by atoms with Gasteiger partial charge in [-0.1, -0.05) is 25.1 Å². The van der Waals surface area contributed by atoms with Crippen molar-refractivity contribution in [3.8, 4) is 0 Å². The van der Waals surface area contributed by atoms with Gasteiger partial charge in [0.1, 0.15) is 0 Å². The van der Waals surface area contributed by atoms with Gasteiger partial charge in [-0.2, -0.15) is 0 Å². The monoisotopic (exact) mass is 293 g/mol. The predicted molar refractivity (Wildman–Crippen MR) is 88.9 cm³/mol. The SMILES string of the molecule is CCNC(COCCC(C)(C)OC)c1ccc(C)c(C)c1. The highest BCUT2D eigenvalue weighted by molar-refractivity contribution is 5.31. The van der Waals surface area contributed by atoms with Crippen LogP contribution in [0.15, 0.2) is 18.2 Å². The Kier molecular flexibility index (Phi) is 7.36. The first-order valence-corrected chi connectivity index (χ1v) is 7.83. The summed E-state index contributed by atoms with van der Waals surface area (Å²) in [6.45, 7) is 12.9. The zero-order valence-corrected chi connectivity index (χ0v) is 14.5. The molecule has 0 spiro atoms. The summed E-state index contributed by atoms with van der Waals surface area (Å²) in [5, 5.41) is 3.50. The van der Waals surface area contributed by atoms with Crippen molar-refractivity contribution in [1.29, 1.82) is 0 Å². The molecule has 1 N–H and O–H groups in total. The Balaban J connectivity index is 2.55. The van der Waals surface area contributed by atoms with Gasteiger partial charge in [-0.3, -0.25) is 0 Å². The van der Waals surface area contributed by atoms with Crippen LogP contribution >= 0.6 is 0 Å². The van der Waals surface area contributed by atoms with E-state index in [2.05, 4.69) is 58.1 Å². The van der Waals surface area contributed by atoms with Crippen LogP contribution in [0.3, 0.4) is 0 Å². The molecule has 0 saturated carbocycles. The van der Waals surface area contributed by atoms with Crippen molar-refractivity contribution in [2.75, 3.05) is 26.9 Å². The summed E-state index contributed by atoms with van der Waals surface area (Å²) in [7, 11) is 1.75. The second-order valence-corrected chi connectivity index (χ2v) is 6.24. The molecule has 3 heteroatoms. The van der Waals surface area contributed by atoms with Gasteiger partial charge in [-0.05, 0) is 57.4 Å². The predicted octanol–water partition coefficient (Wildman–Crippen LogP) is 3.79. The van der Waals surface area contributed by atoms with E-state index in [1.165, 1.54) is 16.7 Å². The second-order valence-electron chi connectivity index (χ2n) is 6.24. The molecule has 0 saturated heterocycles. The summed E-state index contributed by atoms with van der Waals surface area (Å²) < 4.78 is 11.3. The lowest BCUT2D eigenvalue weighted by atomic mass is 10.0. The average Bonchev–Trinajstić information content (AvgIpc) is 2.45. The van der Waals surface area contributed by atoms with Gasteiger partial charge >= 0.3 is 0 Å². The summed E-state index contributed by atoms with van der Waals surface area (Å²) in [5.74, 6) is 0. The molecule has 120 valence electrons. The third kappa shape index (κ3) is 6.16. The molecule has 0 bridgehead atoms. The number of rotatable bonds is 9. The molecule has 0 aromatic heterocycles. The molecule has 1 aromatic rings. The quantitative estimate of drug-likeness (QED) is 0.703. The van der Waals surface area contributed by atoms with Crippen molar-refractivity contribution in [1.82, 2.24) is 5.32 Å². The molecule has 1 rings (SSSR count). The van der Waals surface area contributed by atoms with Gasteiger partial charge in [0.25, 0.3) is 0 Å². The number of hydrogen-bond acceptors (Lipinski definition) is 3. The molecule has 3 nitrogen and oxygen atoms in total. The molecule has 0 heterocycles. The highest BCUT2D eigenvalue weighted by Crippen LogP contribution is 2.18. The van der Waals surface area contributed by atoms with Crippen LogP contribution in [0.4, 0.5) is 0 Å². The van der Waals surface area contributed by atoms with Crippen molar-refractivity contribution in [2.24, 2.45) is 0 Å². The number of ether oxygens (including phenoxy) is 2. The van der Waals surface area contributed by atoms with E-state index in [1.54, 1.807) is 7.11 Å². The van der Waals surface area contributed by atoms with Gasteiger partial charge in [0, 0.05) is 13.7 Å². The highest BCUT2D eigenvalue weighted by atomic mass is 16.5. The molecule has 0 radical (unpaired) electrons. The molecule has 1 atom stereocenters. The lowest BCUT2D eigenvalue weighted by Crippen LogP contribution is -2.28. The van der Waals surface area contributed by atoms with E-state index in [1.807, 2.05) is 0 Å². The first kappa shape index (κ1) is 18.1. The molecule has 21 heavy (non-hydrogen) atoms. The van der Waals surface area contributed by atoms with E-state index in [9.17, 15) is 0 Å². The Bertz CT molecular complexity index is 429. The lowest BCUT2D eigenvalue weighted by molar-refractivity contribution is -0.0124. The van der Waals surface area contributed by atoms with Crippen LogP contribution in [-0.2, 0) is 9.47 Å². The number of aryl methyl sites for hydroxylation is 2. The van der Waals surface area contributed by atoms with Crippen LogP contribution in [0.5, 0.6) is 0 Å². The fourth-order valence-electron chi connectivity index (χ4n) is 2.12. The van der Waals surface area contributed by atoms with Crippen molar-refractivity contribution in [3.63, 3.8) is 0 Å². The molecule has 0 aliphatic rings. The summed E-state index contributed by atoms with van der Waals surface area (Å²) in [5.41, 5.74) is 3.84. The minimum Gasteiger partial charge on any atom is -0.379 e. The minimum atomic E-state index is -0.117. The normalized spacial score (nSPS) is 13.4. The molecule has 1 aromatic carbocycles. The fourth-order valence-corrected chi connectivity index (χ4v) is 2.12.